The third-order valence-corrected chi connectivity index (χ3v) is 4.55. The summed E-state index contributed by atoms with van der Waals surface area (Å²) in [4.78, 5) is 8.31. The molecule has 1 aliphatic rings. The number of hydrogen-bond donors (Lipinski definition) is 0. The van der Waals surface area contributed by atoms with E-state index in [1.54, 1.807) is 13.3 Å². The standard InChI is InChI=1S/C16H19ClN4O2/c1-8(2)9-5-10(9)11-6-13(20-21-14(11)17)12-7-18-16(23-4)19-15(12)22-3/h6-10H,5H2,1-4H3/t9-,10-/m0/s1. The molecule has 0 aromatic carbocycles. The average molecular weight is 335 g/mol. The highest BCUT2D eigenvalue weighted by molar-refractivity contribution is 6.30. The minimum atomic E-state index is 0.245. The molecule has 23 heavy (non-hydrogen) atoms. The van der Waals surface area contributed by atoms with Crippen LogP contribution in [0.3, 0.4) is 0 Å². The van der Waals surface area contributed by atoms with Crippen molar-refractivity contribution in [1.82, 2.24) is 20.2 Å². The first kappa shape index (κ1) is 15.9. The lowest BCUT2D eigenvalue weighted by atomic mass is 10.0. The summed E-state index contributed by atoms with van der Waals surface area (Å²) >= 11 is 6.25. The lowest BCUT2D eigenvalue weighted by Crippen LogP contribution is -2.01. The topological polar surface area (TPSA) is 70.0 Å². The molecule has 1 fully saturated rings. The summed E-state index contributed by atoms with van der Waals surface area (Å²) in [5.74, 6) is 2.13. The second kappa shape index (κ2) is 6.28. The number of halogens is 1. The molecule has 0 bridgehead atoms. The molecule has 2 aromatic heterocycles. The van der Waals surface area contributed by atoms with E-state index < -0.39 is 0 Å². The van der Waals surface area contributed by atoms with Gasteiger partial charge in [-0.25, -0.2) is 4.98 Å². The minimum Gasteiger partial charge on any atom is -0.480 e. The molecule has 1 saturated carbocycles. The lowest BCUT2D eigenvalue weighted by Gasteiger charge is -2.10. The normalized spacial score (nSPS) is 19.7. The summed E-state index contributed by atoms with van der Waals surface area (Å²) in [6.45, 7) is 4.46. The fraction of sp³-hybridized carbons (Fsp3) is 0.500. The third kappa shape index (κ3) is 3.08. The summed E-state index contributed by atoms with van der Waals surface area (Å²) in [7, 11) is 3.05. The van der Waals surface area contributed by atoms with E-state index in [-0.39, 0.29) is 6.01 Å². The minimum absolute atomic E-state index is 0.245. The van der Waals surface area contributed by atoms with Gasteiger partial charge in [0, 0.05) is 6.20 Å². The van der Waals surface area contributed by atoms with Gasteiger partial charge in [-0.3, -0.25) is 0 Å². The second-order valence-corrected chi connectivity index (χ2v) is 6.36. The first-order chi connectivity index (χ1) is 11.0. The number of aromatic nitrogens is 4. The quantitative estimate of drug-likeness (QED) is 0.835. The van der Waals surface area contributed by atoms with Crippen molar-refractivity contribution in [2.45, 2.75) is 26.2 Å². The summed E-state index contributed by atoms with van der Waals surface area (Å²) < 4.78 is 10.3. The predicted molar refractivity (Wildman–Crippen MR) is 86.9 cm³/mol. The van der Waals surface area contributed by atoms with Gasteiger partial charge in [0.05, 0.1) is 19.8 Å². The van der Waals surface area contributed by atoms with Crippen LogP contribution in [-0.2, 0) is 0 Å². The Labute approximate surface area is 140 Å². The van der Waals surface area contributed by atoms with Crippen LogP contribution < -0.4 is 9.47 Å². The van der Waals surface area contributed by atoms with Crippen LogP contribution in [0.1, 0.15) is 31.7 Å². The Hall–Kier alpha value is -1.95. The first-order valence-corrected chi connectivity index (χ1v) is 7.91. The Balaban J connectivity index is 1.98. The van der Waals surface area contributed by atoms with E-state index in [1.165, 1.54) is 7.11 Å². The Kier molecular flexibility index (Phi) is 4.35. The highest BCUT2D eigenvalue weighted by Gasteiger charge is 2.42. The molecule has 6 nitrogen and oxygen atoms in total. The van der Waals surface area contributed by atoms with E-state index in [1.807, 2.05) is 6.07 Å². The highest BCUT2D eigenvalue weighted by Crippen LogP contribution is 2.53. The largest absolute Gasteiger partial charge is 0.480 e. The van der Waals surface area contributed by atoms with Gasteiger partial charge in [-0.15, -0.1) is 10.2 Å². The maximum absolute atomic E-state index is 6.25. The second-order valence-electron chi connectivity index (χ2n) is 6.01. The molecule has 0 saturated heterocycles. The maximum Gasteiger partial charge on any atom is 0.319 e. The van der Waals surface area contributed by atoms with E-state index in [9.17, 15) is 0 Å². The number of ether oxygens (including phenoxy) is 2. The molecule has 2 atom stereocenters. The third-order valence-electron chi connectivity index (χ3n) is 4.26. The zero-order valence-corrected chi connectivity index (χ0v) is 14.3. The van der Waals surface area contributed by atoms with E-state index in [0.717, 1.165) is 12.0 Å². The monoisotopic (exact) mass is 334 g/mol. The molecule has 0 radical (unpaired) electrons. The molecule has 3 rings (SSSR count). The van der Waals surface area contributed by atoms with Gasteiger partial charge in [0.25, 0.3) is 0 Å². The summed E-state index contributed by atoms with van der Waals surface area (Å²) in [6, 6.07) is 2.21. The molecule has 7 heteroatoms. The molecule has 122 valence electrons. The Morgan fingerprint density at radius 3 is 2.61 bits per heavy atom. The summed E-state index contributed by atoms with van der Waals surface area (Å²) in [5, 5.41) is 8.74. The Morgan fingerprint density at radius 1 is 1.22 bits per heavy atom. The van der Waals surface area contributed by atoms with Crippen molar-refractivity contribution in [3.05, 3.63) is 23.0 Å². The van der Waals surface area contributed by atoms with Gasteiger partial charge in [-0.1, -0.05) is 25.4 Å². The number of hydrogen-bond acceptors (Lipinski definition) is 6. The number of methoxy groups -OCH3 is 2. The zero-order valence-electron chi connectivity index (χ0n) is 13.6. The van der Waals surface area contributed by atoms with Gasteiger partial charge in [-0.05, 0) is 35.8 Å². The molecule has 0 amide bonds. The van der Waals surface area contributed by atoms with Crippen molar-refractivity contribution >= 4 is 11.6 Å². The van der Waals surface area contributed by atoms with Crippen LogP contribution in [0.15, 0.2) is 12.3 Å². The van der Waals surface area contributed by atoms with Crippen molar-refractivity contribution in [2.75, 3.05) is 14.2 Å². The van der Waals surface area contributed by atoms with Crippen molar-refractivity contribution in [2.24, 2.45) is 11.8 Å². The van der Waals surface area contributed by atoms with Gasteiger partial charge < -0.3 is 9.47 Å². The maximum atomic E-state index is 6.25. The van der Waals surface area contributed by atoms with Gasteiger partial charge in [-0.2, -0.15) is 4.98 Å². The molecule has 0 spiro atoms. The van der Waals surface area contributed by atoms with Crippen molar-refractivity contribution in [3.63, 3.8) is 0 Å². The first-order valence-electron chi connectivity index (χ1n) is 7.53. The van der Waals surface area contributed by atoms with Gasteiger partial charge in [0.15, 0.2) is 5.15 Å². The van der Waals surface area contributed by atoms with Crippen LogP contribution in [-0.4, -0.2) is 34.4 Å². The summed E-state index contributed by atoms with van der Waals surface area (Å²) in [5.41, 5.74) is 2.35. The molecule has 0 N–H and O–H groups in total. The fourth-order valence-electron chi connectivity index (χ4n) is 2.87. The van der Waals surface area contributed by atoms with Gasteiger partial charge >= 0.3 is 6.01 Å². The highest BCUT2D eigenvalue weighted by atomic mass is 35.5. The van der Waals surface area contributed by atoms with Gasteiger partial charge in [0.1, 0.15) is 5.69 Å². The van der Waals surface area contributed by atoms with Crippen LogP contribution in [0, 0.1) is 11.8 Å². The van der Waals surface area contributed by atoms with Crippen molar-refractivity contribution in [1.29, 1.82) is 0 Å². The molecular formula is C16H19ClN4O2. The molecule has 2 aromatic rings. The smallest absolute Gasteiger partial charge is 0.319 e. The summed E-state index contributed by atoms with van der Waals surface area (Å²) in [6.07, 6.45) is 2.76. The molecule has 0 aliphatic heterocycles. The molecule has 2 heterocycles. The number of nitrogens with zero attached hydrogens (tertiary/aromatic N) is 4. The lowest BCUT2D eigenvalue weighted by molar-refractivity contribution is 0.353. The van der Waals surface area contributed by atoms with E-state index in [2.05, 4.69) is 34.0 Å². The fourth-order valence-corrected chi connectivity index (χ4v) is 3.10. The number of rotatable bonds is 5. The van der Waals surface area contributed by atoms with E-state index in [0.29, 0.717) is 40.0 Å². The molecule has 1 aliphatic carbocycles. The Morgan fingerprint density at radius 2 is 2.00 bits per heavy atom. The molecule has 0 unspecified atom stereocenters. The molecular weight excluding hydrogens is 316 g/mol. The van der Waals surface area contributed by atoms with Crippen molar-refractivity contribution < 1.29 is 9.47 Å². The van der Waals surface area contributed by atoms with Crippen LogP contribution in [0.4, 0.5) is 0 Å². The van der Waals surface area contributed by atoms with Crippen LogP contribution in [0.2, 0.25) is 5.15 Å². The average Bonchev–Trinajstić information content (AvgIpc) is 3.35. The van der Waals surface area contributed by atoms with Crippen LogP contribution >= 0.6 is 11.6 Å². The Bertz CT molecular complexity index is 723. The SMILES string of the molecule is COc1ncc(-c2cc([C@H]3C[C@H]3C(C)C)c(Cl)nn2)c(OC)n1. The van der Waals surface area contributed by atoms with E-state index in [4.69, 9.17) is 21.1 Å². The van der Waals surface area contributed by atoms with E-state index >= 15 is 0 Å². The van der Waals surface area contributed by atoms with Crippen molar-refractivity contribution in [3.8, 4) is 23.1 Å². The van der Waals surface area contributed by atoms with Crippen LogP contribution in [0.25, 0.3) is 11.3 Å². The van der Waals surface area contributed by atoms with Gasteiger partial charge in [0.2, 0.25) is 5.88 Å². The predicted octanol–water partition coefficient (Wildman–Crippen LogP) is 3.36. The zero-order chi connectivity index (χ0) is 16.6. The van der Waals surface area contributed by atoms with Crippen LogP contribution in [0.5, 0.6) is 11.9 Å².